The average Bonchev–Trinajstić information content (AvgIpc) is 2.36. The summed E-state index contributed by atoms with van der Waals surface area (Å²) in [5, 5.41) is 0. The molecular formula is C11H19NO6. The number of esters is 2. The monoisotopic (exact) mass is 261 g/mol. The lowest BCUT2D eigenvalue weighted by atomic mass is 10.1. The van der Waals surface area contributed by atoms with Gasteiger partial charge in [-0.25, -0.2) is 4.79 Å². The maximum absolute atomic E-state index is 11.6. The van der Waals surface area contributed by atoms with Crippen molar-refractivity contribution in [1.29, 1.82) is 0 Å². The Morgan fingerprint density at radius 2 is 1.72 bits per heavy atom. The smallest absolute Gasteiger partial charge is 0.329 e. The van der Waals surface area contributed by atoms with Gasteiger partial charge in [-0.1, -0.05) is 0 Å². The van der Waals surface area contributed by atoms with Gasteiger partial charge in [-0.3, -0.25) is 9.59 Å². The molecule has 18 heavy (non-hydrogen) atoms. The van der Waals surface area contributed by atoms with Gasteiger partial charge < -0.3 is 19.1 Å². The fourth-order valence-electron chi connectivity index (χ4n) is 1.42. The van der Waals surface area contributed by atoms with Crippen LogP contribution < -0.4 is 0 Å². The van der Waals surface area contributed by atoms with Crippen molar-refractivity contribution in [3.63, 3.8) is 0 Å². The summed E-state index contributed by atoms with van der Waals surface area (Å²) in [7, 11) is 3.89. The predicted molar refractivity (Wildman–Crippen MR) is 61.7 cm³/mol. The molecule has 0 aromatic heterocycles. The highest BCUT2D eigenvalue weighted by Crippen LogP contribution is 2.08. The number of carbonyl (C=O) groups excluding carboxylic acids is 3. The Morgan fingerprint density at radius 3 is 2.11 bits per heavy atom. The first kappa shape index (κ1) is 16.4. The standard InChI is InChI=1S/C11H19NO6/c1-8(13)12(5-6-16-2)9(11(15)18-4)7-10(14)17-3/h9H,5-7H2,1-4H3/t9-/m0/s1. The maximum atomic E-state index is 11.6. The van der Waals surface area contributed by atoms with Crippen molar-refractivity contribution in [1.82, 2.24) is 4.90 Å². The Hall–Kier alpha value is -1.63. The van der Waals surface area contributed by atoms with Crippen LogP contribution in [0.3, 0.4) is 0 Å². The highest BCUT2D eigenvalue weighted by Gasteiger charge is 2.31. The minimum Gasteiger partial charge on any atom is -0.469 e. The van der Waals surface area contributed by atoms with E-state index in [1.165, 1.54) is 33.2 Å². The zero-order chi connectivity index (χ0) is 14.1. The van der Waals surface area contributed by atoms with E-state index in [2.05, 4.69) is 9.47 Å². The van der Waals surface area contributed by atoms with Gasteiger partial charge in [0.05, 0.1) is 27.2 Å². The summed E-state index contributed by atoms with van der Waals surface area (Å²) in [6.07, 6.45) is -0.244. The van der Waals surface area contributed by atoms with Crippen LogP contribution in [0.5, 0.6) is 0 Å². The van der Waals surface area contributed by atoms with E-state index in [1.807, 2.05) is 0 Å². The van der Waals surface area contributed by atoms with Crippen LogP contribution in [0, 0.1) is 0 Å². The van der Waals surface area contributed by atoms with E-state index in [9.17, 15) is 14.4 Å². The van der Waals surface area contributed by atoms with E-state index in [4.69, 9.17) is 4.74 Å². The number of nitrogens with zero attached hydrogens (tertiary/aromatic N) is 1. The van der Waals surface area contributed by atoms with Gasteiger partial charge >= 0.3 is 11.9 Å². The SMILES string of the molecule is COCCN(C(C)=O)[C@@H](CC(=O)OC)C(=O)OC. The zero-order valence-corrected chi connectivity index (χ0v) is 11.1. The first-order valence-corrected chi connectivity index (χ1v) is 5.38. The molecule has 7 heteroatoms. The highest BCUT2D eigenvalue weighted by atomic mass is 16.5. The van der Waals surface area contributed by atoms with E-state index in [0.29, 0.717) is 0 Å². The lowest BCUT2D eigenvalue weighted by molar-refractivity contribution is -0.157. The molecule has 0 aliphatic rings. The molecule has 0 aliphatic carbocycles. The molecule has 0 rings (SSSR count). The second kappa shape index (κ2) is 8.46. The first-order chi connectivity index (χ1) is 8.47. The van der Waals surface area contributed by atoms with Gasteiger partial charge in [-0.15, -0.1) is 0 Å². The van der Waals surface area contributed by atoms with Crippen LogP contribution in [0.2, 0.25) is 0 Å². The molecule has 1 atom stereocenters. The van der Waals surface area contributed by atoms with Crippen molar-refractivity contribution in [2.24, 2.45) is 0 Å². The fourth-order valence-corrected chi connectivity index (χ4v) is 1.42. The van der Waals surface area contributed by atoms with E-state index in [0.717, 1.165) is 0 Å². The maximum Gasteiger partial charge on any atom is 0.329 e. The normalized spacial score (nSPS) is 11.6. The van der Waals surface area contributed by atoms with Crippen molar-refractivity contribution >= 4 is 17.8 Å². The Balaban J connectivity index is 4.91. The van der Waals surface area contributed by atoms with Gasteiger partial charge in [0.1, 0.15) is 6.04 Å². The molecule has 7 nitrogen and oxygen atoms in total. The summed E-state index contributed by atoms with van der Waals surface area (Å²) in [5.74, 6) is -1.59. The van der Waals surface area contributed by atoms with Crippen LogP contribution in [0.25, 0.3) is 0 Å². The van der Waals surface area contributed by atoms with Crippen LogP contribution in [-0.4, -0.2) is 63.3 Å². The molecule has 0 fully saturated rings. The largest absolute Gasteiger partial charge is 0.469 e. The molecule has 0 radical (unpaired) electrons. The summed E-state index contributed by atoms with van der Waals surface area (Å²) in [4.78, 5) is 35.6. The number of rotatable bonds is 7. The molecule has 0 heterocycles. The average molecular weight is 261 g/mol. The molecule has 1 amide bonds. The first-order valence-electron chi connectivity index (χ1n) is 5.38. The van der Waals surface area contributed by atoms with Crippen LogP contribution in [0.4, 0.5) is 0 Å². The third kappa shape index (κ3) is 5.13. The second-order valence-corrected chi connectivity index (χ2v) is 3.52. The van der Waals surface area contributed by atoms with Crippen molar-refractivity contribution in [2.75, 3.05) is 34.5 Å². The van der Waals surface area contributed by atoms with Crippen LogP contribution >= 0.6 is 0 Å². The molecule has 0 saturated heterocycles. The summed E-state index contributed by atoms with van der Waals surface area (Å²) in [6, 6.07) is -0.991. The van der Waals surface area contributed by atoms with E-state index >= 15 is 0 Å². The number of methoxy groups -OCH3 is 3. The lowest BCUT2D eigenvalue weighted by Gasteiger charge is -2.27. The van der Waals surface area contributed by atoms with Crippen LogP contribution in [0.1, 0.15) is 13.3 Å². The zero-order valence-electron chi connectivity index (χ0n) is 11.1. The summed E-state index contributed by atoms with van der Waals surface area (Å²) >= 11 is 0. The molecule has 0 aromatic rings. The van der Waals surface area contributed by atoms with E-state index in [1.54, 1.807) is 0 Å². The van der Waals surface area contributed by atoms with Crippen LogP contribution in [0.15, 0.2) is 0 Å². The van der Waals surface area contributed by atoms with Gasteiger partial charge in [0.2, 0.25) is 5.91 Å². The Kier molecular flexibility index (Phi) is 7.69. The van der Waals surface area contributed by atoms with Crippen LogP contribution in [-0.2, 0) is 28.6 Å². The summed E-state index contributed by atoms with van der Waals surface area (Å²) in [6.45, 7) is 1.76. The summed E-state index contributed by atoms with van der Waals surface area (Å²) < 4.78 is 13.9. The third-order valence-corrected chi connectivity index (χ3v) is 2.38. The van der Waals surface area contributed by atoms with Gasteiger partial charge in [-0.05, 0) is 0 Å². The quantitative estimate of drug-likeness (QED) is 0.579. The highest BCUT2D eigenvalue weighted by molar-refractivity contribution is 5.87. The molecule has 0 aliphatic heterocycles. The Labute approximate surface area is 106 Å². The second-order valence-electron chi connectivity index (χ2n) is 3.52. The molecular weight excluding hydrogens is 242 g/mol. The third-order valence-electron chi connectivity index (χ3n) is 2.38. The predicted octanol–water partition coefficient (Wildman–Crippen LogP) is -0.414. The van der Waals surface area contributed by atoms with Gasteiger partial charge in [0.15, 0.2) is 0 Å². The fraction of sp³-hybridized carbons (Fsp3) is 0.727. The Bertz CT molecular complexity index is 304. The summed E-state index contributed by atoms with van der Waals surface area (Å²) in [5.41, 5.74) is 0. The molecule has 0 spiro atoms. The molecule has 0 unspecified atom stereocenters. The molecule has 0 bridgehead atoms. The lowest BCUT2D eigenvalue weighted by Crippen LogP contribution is -2.47. The topological polar surface area (TPSA) is 82.1 Å². The number of hydrogen-bond acceptors (Lipinski definition) is 6. The molecule has 104 valence electrons. The van der Waals surface area contributed by atoms with Crippen molar-refractivity contribution in [3.05, 3.63) is 0 Å². The minimum atomic E-state index is -0.991. The van der Waals surface area contributed by atoms with Gasteiger partial charge in [0, 0.05) is 20.6 Å². The van der Waals surface area contributed by atoms with E-state index in [-0.39, 0.29) is 25.5 Å². The van der Waals surface area contributed by atoms with Crippen molar-refractivity contribution in [2.45, 2.75) is 19.4 Å². The number of carbonyl (C=O) groups is 3. The molecule has 0 saturated carbocycles. The number of amides is 1. The van der Waals surface area contributed by atoms with Gasteiger partial charge in [0.25, 0.3) is 0 Å². The Morgan fingerprint density at radius 1 is 1.11 bits per heavy atom. The number of ether oxygens (including phenoxy) is 3. The molecule has 0 N–H and O–H groups in total. The van der Waals surface area contributed by atoms with Crippen molar-refractivity contribution in [3.8, 4) is 0 Å². The van der Waals surface area contributed by atoms with Gasteiger partial charge in [-0.2, -0.15) is 0 Å². The molecule has 0 aromatic carbocycles. The number of hydrogen-bond donors (Lipinski definition) is 0. The minimum absolute atomic E-state index is 0.197. The van der Waals surface area contributed by atoms with E-state index < -0.39 is 18.0 Å². The van der Waals surface area contributed by atoms with Crippen molar-refractivity contribution < 1.29 is 28.6 Å².